The highest BCUT2D eigenvalue weighted by Crippen LogP contribution is 2.31. The van der Waals surface area contributed by atoms with Crippen LogP contribution in [-0.2, 0) is 26.0 Å². The molecule has 0 radical (unpaired) electrons. The maximum absolute atomic E-state index is 12.8. The van der Waals surface area contributed by atoms with Crippen molar-refractivity contribution in [1.82, 2.24) is 14.9 Å². The van der Waals surface area contributed by atoms with Crippen LogP contribution in [0.5, 0.6) is 0 Å². The average Bonchev–Trinajstić information content (AvgIpc) is 3.39. The second-order valence-electron chi connectivity index (χ2n) is 12.5. The zero-order valence-corrected chi connectivity index (χ0v) is 26.9. The molecule has 1 aromatic rings. The van der Waals surface area contributed by atoms with Gasteiger partial charge in [-0.3, -0.25) is 4.79 Å². The predicted octanol–water partition coefficient (Wildman–Crippen LogP) is 4.64. The van der Waals surface area contributed by atoms with Crippen molar-refractivity contribution >= 4 is 27.5 Å². The molecular formula is C31H53ClN4O4S. The van der Waals surface area contributed by atoms with E-state index in [0.29, 0.717) is 43.4 Å². The van der Waals surface area contributed by atoms with Gasteiger partial charge in [0, 0.05) is 43.3 Å². The Morgan fingerprint density at radius 3 is 2.59 bits per heavy atom. The number of hydrogen-bond acceptors (Lipinski definition) is 6. The maximum Gasteiger partial charge on any atom is 0.237 e. The monoisotopic (exact) mass is 612 g/mol. The third kappa shape index (κ3) is 11.4. The van der Waals surface area contributed by atoms with Crippen molar-refractivity contribution in [2.45, 2.75) is 115 Å². The van der Waals surface area contributed by atoms with Crippen LogP contribution in [-0.4, -0.2) is 74.4 Å². The van der Waals surface area contributed by atoms with Gasteiger partial charge in [0.25, 0.3) is 0 Å². The molecular weight excluding hydrogens is 560 g/mol. The molecule has 0 aromatic heterocycles. The van der Waals surface area contributed by atoms with Crippen molar-refractivity contribution < 1.29 is 17.9 Å². The van der Waals surface area contributed by atoms with Crippen LogP contribution in [0.3, 0.4) is 0 Å². The summed E-state index contributed by atoms with van der Waals surface area (Å²) in [6.45, 7) is 9.24. The van der Waals surface area contributed by atoms with E-state index in [-0.39, 0.29) is 29.3 Å². The summed E-state index contributed by atoms with van der Waals surface area (Å²) in [5, 5.41) is 7.20. The van der Waals surface area contributed by atoms with Gasteiger partial charge in [-0.25, -0.2) is 8.42 Å². The molecule has 1 amide bonds. The van der Waals surface area contributed by atoms with Gasteiger partial charge in [0.2, 0.25) is 15.9 Å². The third-order valence-corrected chi connectivity index (χ3v) is 10.9. The zero-order valence-electron chi connectivity index (χ0n) is 25.4. The Kier molecular flexibility index (Phi) is 13.8. The number of ether oxygens (including phenoxy) is 1. The molecule has 8 nitrogen and oxygen atoms in total. The van der Waals surface area contributed by atoms with Crippen molar-refractivity contribution in [2.75, 3.05) is 32.0 Å². The number of unbranched alkanes of at least 4 members (excludes halogenated alkanes) is 1. The molecule has 41 heavy (non-hydrogen) atoms. The summed E-state index contributed by atoms with van der Waals surface area (Å²) in [6.07, 6.45) is 10.7. The molecule has 0 unspecified atom stereocenters. The van der Waals surface area contributed by atoms with Crippen molar-refractivity contribution in [1.29, 1.82) is 0 Å². The smallest absolute Gasteiger partial charge is 0.237 e. The van der Waals surface area contributed by atoms with E-state index in [1.54, 1.807) is 16.4 Å². The van der Waals surface area contributed by atoms with Gasteiger partial charge in [-0.1, -0.05) is 43.5 Å². The quantitative estimate of drug-likeness (QED) is 0.335. The summed E-state index contributed by atoms with van der Waals surface area (Å²) < 4.78 is 32.8. The standard InChI is InChI=1S/C24H39ClN4O3S.C7H14O/c1-2-3-15-33(31,32)29-14-13-27-17-21(29)12-9-19-5-4-6-23(19)28-24(30)22(26)16-18-7-10-20(25)11-8-18;1-7(2)5-3-4-6-8-7/h7-8,10-11,19,21-23,27H,2-6,9,12-17,26H2,1H3,(H,28,30);3-6H2,1-2H3/t19-,21+,22+,23+;/m1./s1. The zero-order chi connectivity index (χ0) is 29.9. The van der Waals surface area contributed by atoms with E-state index in [4.69, 9.17) is 22.1 Å². The topological polar surface area (TPSA) is 114 Å². The first-order valence-electron chi connectivity index (χ1n) is 15.7. The van der Waals surface area contributed by atoms with E-state index in [9.17, 15) is 13.2 Å². The molecule has 2 heterocycles. The van der Waals surface area contributed by atoms with Crippen LogP contribution in [0.1, 0.15) is 90.5 Å². The van der Waals surface area contributed by atoms with Gasteiger partial charge in [-0.15, -0.1) is 0 Å². The van der Waals surface area contributed by atoms with Crippen molar-refractivity contribution in [3.8, 4) is 0 Å². The van der Waals surface area contributed by atoms with Crippen LogP contribution >= 0.6 is 11.6 Å². The van der Waals surface area contributed by atoms with Crippen LogP contribution in [0.2, 0.25) is 5.02 Å². The fourth-order valence-corrected chi connectivity index (χ4v) is 8.13. The highest BCUT2D eigenvalue weighted by Gasteiger charge is 2.35. The number of nitrogens with two attached hydrogens (primary N) is 1. The molecule has 0 spiro atoms. The summed E-state index contributed by atoms with van der Waals surface area (Å²) in [5.74, 6) is 0.469. The minimum Gasteiger partial charge on any atom is -0.376 e. The van der Waals surface area contributed by atoms with Crippen molar-refractivity contribution in [2.24, 2.45) is 11.7 Å². The van der Waals surface area contributed by atoms with E-state index in [2.05, 4.69) is 24.5 Å². The fourth-order valence-electron chi connectivity index (χ4n) is 6.11. The minimum absolute atomic E-state index is 0.00952. The Balaban J connectivity index is 0.000000496. The summed E-state index contributed by atoms with van der Waals surface area (Å²) >= 11 is 5.93. The summed E-state index contributed by atoms with van der Waals surface area (Å²) in [6, 6.07) is 6.90. The molecule has 0 bridgehead atoms. The normalized spacial score (nSPS) is 25.6. The first-order chi connectivity index (χ1) is 19.5. The third-order valence-electron chi connectivity index (χ3n) is 8.64. The van der Waals surface area contributed by atoms with Crippen LogP contribution < -0.4 is 16.4 Å². The van der Waals surface area contributed by atoms with Crippen LogP contribution in [0.15, 0.2) is 24.3 Å². The van der Waals surface area contributed by atoms with Gasteiger partial charge in [-0.2, -0.15) is 4.31 Å². The van der Waals surface area contributed by atoms with Gasteiger partial charge in [0.15, 0.2) is 0 Å². The molecule has 234 valence electrons. The molecule has 3 fully saturated rings. The predicted molar refractivity (Wildman–Crippen MR) is 168 cm³/mol. The van der Waals surface area contributed by atoms with Gasteiger partial charge < -0.3 is 21.1 Å². The number of amides is 1. The highest BCUT2D eigenvalue weighted by molar-refractivity contribution is 7.89. The van der Waals surface area contributed by atoms with E-state index >= 15 is 0 Å². The number of sulfonamides is 1. The number of nitrogens with zero attached hydrogens (tertiary/aromatic N) is 1. The van der Waals surface area contributed by atoms with E-state index in [0.717, 1.165) is 50.7 Å². The first kappa shape index (κ1) is 34.3. The summed E-state index contributed by atoms with van der Waals surface area (Å²) in [4.78, 5) is 12.7. The van der Waals surface area contributed by atoms with Gasteiger partial charge >= 0.3 is 0 Å². The number of carbonyl (C=O) groups excluding carboxylic acids is 1. The number of halogens is 1. The Morgan fingerprint density at radius 2 is 1.95 bits per heavy atom. The minimum atomic E-state index is -3.22. The first-order valence-corrected chi connectivity index (χ1v) is 17.6. The number of carbonyl (C=O) groups is 1. The number of piperazine rings is 1. The molecule has 4 rings (SSSR count). The Morgan fingerprint density at radius 1 is 1.20 bits per heavy atom. The fraction of sp³-hybridized carbons (Fsp3) is 0.774. The number of hydrogen-bond donors (Lipinski definition) is 3. The average molecular weight is 613 g/mol. The number of rotatable bonds is 11. The van der Waals surface area contributed by atoms with Gasteiger partial charge in [0.05, 0.1) is 17.4 Å². The lowest BCUT2D eigenvalue weighted by molar-refractivity contribution is -0.123. The molecule has 3 aliphatic rings. The lowest BCUT2D eigenvalue weighted by Crippen LogP contribution is -2.54. The van der Waals surface area contributed by atoms with Crippen LogP contribution in [0, 0.1) is 5.92 Å². The van der Waals surface area contributed by atoms with Gasteiger partial charge in [-0.05, 0) is 95.2 Å². The summed E-state index contributed by atoms with van der Waals surface area (Å²) in [5.41, 5.74) is 7.35. The molecule has 1 aliphatic carbocycles. The molecule has 1 saturated carbocycles. The SMILES string of the molecule is CC1(C)CCCCO1.CCCCS(=O)(=O)N1CCNC[C@@H]1CC[C@H]1CCC[C@@H]1NC(=O)[C@@H](N)Cc1ccc(Cl)cc1. The lowest BCUT2D eigenvalue weighted by Gasteiger charge is -2.36. The largest absolute Gasteiger partial charge is 0.376 e. The molecule has 10 heteroatoms. The Hall–Kier alpha value is -1.23. The molecule has 4 atom stereocenters. The second kappa shape index (κ2) is 16.6. The van der Waals surface area contributed by atoms with E-state index < -0.39 is 16.1 Å². The maximum atomic E-state index is 12.8. The molecule has 4 N–H and O–H groups in total. The molecule has 1 aromatic carbocycles. The van der Waals surface area contributed by atoms with E-state index in [1.807, 2.05) is 19.1 Å². The highest BCUT2D eigenvalue weighted by atomic mass is 35.5. The molecule has 2 saturated heterocycles. The van der Waals surface area contributed by atoms with Crippen LogP contribution in [0.4, 0.5) is 0 Å². The van der Waals surface area contributed by atoms with Crippen molar-refractivity contribution in [3.63, 3.8) is 0 Å². The van der Waals surface area contributed by atoms with Gasteiger partial charge in [0.1, 0.15) is 0 Å². The Bertz CT molecular complexity index is 1030. The van der Waals surface area contributed by atoms with Crippen molar-refractivity contribution in [3.05, 3.63) is 34.9 Å². The Labute approximate surface area is 253 Å². The van der Waals surface area contributed by atoms with Crippen LogP contribution in [0.25, 0.3) is 0 Å². The summed E-state index contributed by atoms with van der Waals surface area (Å²) in [7, 11) is -3.22. The van der Waals surface area contributed by atoms with E-state index in [1.165, 1.54) is 19.3 Å². The second-order valence-corrected chi connectivity index (χ2v) is 15.0. The lowest BCUT2D eigenvalue weighted by atomic mass is 9.94. The number of nitrogens with one attached hydrogen (secondary N) is 2. The molecule has 2 aliphatic heterocycles. The number of benzene rings is 1.